The molecule has 7 nitrogen and oxygen atoms in total. The predicted octanol–water partition coefficient (Wildman–Crippen LogP) is 1.07. The maximum absolute atomic E-state index is 11.6. The van der Waals surface area contributed by atoms with Gasteiger partial charge in [-0.1, -0.05) is 5.16 Å². The molecule has 1 unspecified atom stereocenters. The standard InChI is InChI=1S/C16H27N3O4/c1-12-6-13(23-17-12)7-19-8-14(22-16(2,3)11-19)9-21-10-15(20)18(4)5/h6,14H,7-11H2,1-5H3. The second kappa shape index (κ2) is 7.42. The molecule has 1 saturated heterocycles. The Morgan fingerprint density at radius 2 is 2.26 bits per heavy atom. The number of aryl methyl sites for hydroxylation is 1. The van der Waals surface area contributed by atoms with Crippen molar-refractivity contribution in [2.24, 2.45) is 0 Å². The molecular formula is C16H27N3O4. The van der Waals surface area contributed by atoms with Crippen molar-refractivity contribution < 1.29 is 18.8 Å². The van der Waals surface area contributed by atoms with Gasteiger partial charge in [-0.2, -0.15) is 0 Å². The van der Waals surface area contributed by atoms with Gasteiger partial charge in [0.05, 0.1) is 30.6 Å². The second-order valence-electron chi connectivity index (χ2n) is 6.91. The van der Waals surface area contributed by atoms with Gasteiger partial charge in [0, 0.05) is 33.3 Å². The van der Waals surface area contributed by atoms with Gasteiger partial charge in [-0.3, -0.25) is 9.69 Å². The van der Waals surface area contributed by atoms with Crippen LogP contribution in [0.2, 0.25) is 0 Å². The lowest BCUT2D eigenvalue weighted by molar-refractivity contribution is -0.162. The summed E-state index contributed by atoms with van der Waals surface area (Å²) in [5, 5.41) is 3.92. The molecule has 2 heterocycles. The third kappa shape index (κ3) is 5.60. The van der Waals surface area contributed by atoms with Crippen LogP contribution in [0.25, 0.3) is 0 Å². The van der Waals surface area contributed by atoms with Crippen molar-refractivity contribution in [3.63, 3.8) is 0 Å². The molecule has 1 atom stereocenters. The molecule has 0 spiro atoms. The number of amides is 1. The average Bonchev–Trinajstić information content (AvgIpc) is 2.82. The Labute approximate surface area is 137 Å². The number of morpholine rings is 1. The fraction of sp³-hybridized carbons (Fsp3) is 0.750. The van der Waals surface area contributed by atoms with E-state index in [0.29, 0.717) is 13.2 Å². The largest absolute Gasteiger partial charge is 0.369 e. The molecule has 0 aromatic carbocycles. The Kier molecular flexibility index (Phi) is 5.78. The van der Waals surface area contributed by atoms with Crippen molar-refractivity contribution in [2.75, 3.05) is 40.4 Å². The van der Waals surface area contributed by atoms with Crippen LogP contribution in [0, 0.1) is 6.92 Å². The van der Waals surface area contributed by atoms with Crippen LogP contribution in [0.3, 0.4) is 0 Å². The third-order valence-corrected chi connectivity index (χ3v) is 3.64. The Morgan fingerprint density at radius 1 is 1.52 bits per heavy atom. The minimum atomic E-state index is -0.271. The lowest BCUT2D eigenvalue weighted by atomic mass is 10.1. The summed E-state index contributed by atoms with van der Waals surface area (Å²) in [7, 11) is 3.43. The van der Waals surface area contributed by atoms with Crippen LogP contribution < -0.4 is 0 Å². The maximum Gasteiger partial charge on any atom is 0.248 e. The maximum atomic E-state index is 11.6. The van der Waals surface area contributed by atoms with E-state index in [0.717, 1.165) is 24.5 Å². The van der Waals surface area contributed by atoms with E-state index in [1.807, 2.05) is 13.0 Å². The van der Waals surface area contributed by atoms with Gasteiger partial charge in [0.25, 0.3) is 0 Å². The summed E-state index contributed by atoms with van der Waals surface area (Å²) < 4.78 is 16.9. The number of hydrogen-bond donors (Lipinski definition) is 0. The number of aromatic nitrogens is 1. The van der Waals surface area contributed by atoms with Gasteiger partial charge in [-0.25, -0.2) is 0 Å². The number of rotatable bonds is 6. The van der Waals surface area contributed by atoms with E-state index in [4.69, 9.17) is 14.0 Å². The molecule has 1 amide bonds. The number of hydrogen-bond acceptors (Lipinski definition) is 6. The summed E-state index contributed by atoms with van der Waals surface area (Å²) in [4.78, 5) is 15.3. The first-order chi connectivity index (χ1) is 10.7. The normalized spacial score (nSPS) is 21.3. The Bertz CT molecular complexity index is 527. The first-order valence-electron chi connectivity index (χ1n) is 7.85. The number of carbonyl (C=O) groups excluding carboxylic acids is 1. The van der Waals surface area contributed by atoms with Crippen LogP contribution in [-0.2, 0) is 20.8 Å². The first kappa shape index (κ1) is 17.9. The molecule has 1 fully saturated rings. The smallest absolute Gasteiger partial charge is 0.248 e. The van der Waals surface area contributed by atoms with Crippen LogP contribution >= 0.6 is 0 Å². The topological polar surface area (TPSA) is 68.0 Å². The number of likely N-dealkylation sites (N-methyl/N-ethyl adjacent to an activating group) is 1. The van der Waals surface area contributed by atoms with Crippen LogP contribution in [0.15, 0.2) is 10.6 Å². The molecule has 1 aliphatic rings. The Balaban J connectivity index is 1.86. The zero-order chi connectivity index (χ0) is 17.0. The molecule has 0 radical (unpaired) electrons. The zero-order valence-corrected chi connectivity index (χ0v) is 14.7. The highest BCUT2D eigenvalue weighted by atomic mass is 16.6. The average molecular weight is 325 g/mol. The van der Waals surface area contributed by atoms with E-state index < -0.39 is 0 Å². The highest BCUT2D eigenvalue weighted by Crippen LogP contribution is 2.23. The molecule has 23 heavy (non-hydrogen) atoms. The monoisotopic (exact) mass is 325 g/mol. The summed E-state index contributed by atoms with van der Waals surface area (Å²) >= 11 is 0. The lowest BCUT2D eigenvalue weighted by Crippen LogP contribution is -2.53. The SMILES string of the molecule is Cc1cc(CN2CC(COCC(=O)N(C)C)OC(C)(C)C2)on1. The van der Waals surface area contributed by atoms with Crippen LogP contribution in [0.5, 0.6) is 0 Å². The van der Waals surface area contributed by atoms with E-state index in [2.05, 4.69) is 23.9 Å². The quantitative estimate of drug-likeness (QED) is 0.779. The zero-order valence-electron chi connectivity index (χ0n) is 14.7. The molecule has 1 aromatic rings. The van der Waals surface area contributed by atoms with Crippen molar-refractivity contribution >= 4 is 5.91 Å². The Hall–Kier alpha value is -1.44. The van der Waals surface area contributed by atoms with Crippen LogP contribution in [0.1, 0.15) is 25.3 Å². The molecule has 1 aromatic heterocycles. The molecule has 130 valence electrons. The van der Waals surface area contributed by atoms with Crippen molar-refractivity contribution in [1.29, 1.82) is 0 Å². The van der Waals surface area contributed by atoms with Gasteiger partial charge in [0.1, 0.15) is 6.61 Å². The van der Waals surface area contributed by atoms with E-state index >= 15 is 0 Å². The van der Waals surface area contributed by atoms with E-state index in [-0.39, 0.29) is 24.2 Å². The molecule has 7 heteroatoms. The molecule has 0 bridgehead atoms. The minimum Gasteiger partial charge on any atom is -0.369 e. The fourth-order valence-electron chi connectivity index (χ4n) is 2.74. The summed E-state index contributed by atoms with van der Waals surface area (Å²) in [6, 6.07) is 1.95. The van der Waals surface area contributed by atoms with Gasteiger partial charge < -0.3 is 18.9 Å². The molecular weight excluding hydrogens is 298 g/mol. The van der Waals surface area contributed by atoms with E-state index in [1.165, 1.54) is 4.90 Å². The van der Waals surface area contributed by atoms with Crippen LogP contribution in [0.4, 0.5) is 0 Å². The van der Waals surface area contributed by atoms with Gasteiger partial charge >= 0.3 is 0 Å². The molecule has 0 aliphatic carbocycles. The van der Waals surface area contributed by atoms with E-state index in [9.17, 15) is 4.79 Å². The third-order valence-electron chi connectivity index (χ3n) is 3.64. The summed E-state index contributed by atoms with van der Waals surface area (Å²) in [6.45, 7) is 8.74. The number of nitrogens with zero attached hydrogens (tertiary/aromatic N) is 3. The van der Waals surface area contributed by atoms with Gasteiger partial charge in [0.2, 0.25) is 5.91 Å². The van der Waals surface area contributed by atoms with Gasteiger partial charge in [-0.15, -0.1) is 0 Å². The van der Waals surface area contributed by atoms with Crippen molar-refractivity contribution in [3.8, 4) is 0 Å². The van der Waals surface area contributed by atoms with Crippen molar-refractivity contribution in [1.82, 2.24) is 15.0 Å². The van der Waals surface area contributed by atoms with E-state index in [1.54, 1.807) is 14.1 Å². The van der Waals surface area contributed by atoms with Crippen LogP contribution in [-0.4, -0.2) is 73.0 Å². The van der Waals surface area contributed by atoms with Gasteiger partial charge in [-0.05, 0) is 20.8 Å². The molecule has 2 rings (SSSR count). The summed E-state index contributed by atoms with van der Waals surface area (Å²) in [5.41, 5.74) is 0.613. The summed E-state index contributed by atoms with van der Waals surface area (Å²) in [5.74, 6) is 0.803. The highest BCUT2D eigenvalue weighted by Gasteiger charge is 2.34. The predicted molar refractivity (Wildman–Crippen MR) is 85.0 cm³/mol. The molecule has 0 saturated carbocycles. The van der Waals surface area contributed by atoms with Crippen molar-refractivity contribution in [3.05, 3.63) is 17.5 Å². The lowest BCUT2D eigenvalue weighted by Gasteiger charge is -2.42. The summed E-state index contributed by atoms with van der Waals surface area (Å²) in [6.07, 6.45) is -0.0715. The Morgan fingerprint density at radius 3 is 2.87 bits per heavy atom. The first-order valence-corrected chi connectivity index (χ1v) is 7.85. The number of carbonyl (C=O) groups is 1. The minimum absolute atomic E-state index is 0.0472. The van der Waals surface area contributed by atoms with Crippen molar-refractivity contribution in [2.45, 2.75) is 39.0 Å². The second-order valence-corrected chi connectivity index (χ2v) is 6.91. The fourth-order valence-corrected chi connectivity index (χ4v) is 2.74. The highest BCUT2D eigenvalue weighted by molar-refractivity contribution is 5.76. The molecule has 0 N–H and O–H groups in total. The number of ether oxygens (including phenoxy) is 2. The molecule has 1 aliphatic heterocycles. The van der Waals surface area contributed by atoms with Gasteiger partial charge in [0.15, 0.2) is 5.76 Å².